The fraction of sp³-hybridized carbons (Fsp3) is 0.353. The Kier molecular flexibility index (Phi) is 4.03. The predicted octanol–water partition coefficient (Wildman–Crippen LogP) is 2.08. The van der Waals surface area contributed by atoms with E-state index in [0.717, 1.165) is 24.8 Å². The van der Waals surface area contributed by atoms with E-state index in [0.29, 0.717) is 16.9 Å². The van der Waals surface area contributed by atoms with Crippen LogP contribution in [0.3, 0.4) is 0 Å². The van der Waals surface area contributed by atoms with Crippen molar-refractivity contribution in [1.29, 1.82) is 0 Å². The van der Waals surface area contributed by atoms with Crippen molar-refractivity contribution >= 4 is 21.4 Å². The maximum absolute atomic E-state index is 11.8. The monoisotopic (exact) mass is 341 g/mol. The second kappa shape index (κ2) is 6.33. The zero-order valence-electron chi connectivity index (χ0n) is 13.4. The zero-order valence-corrected chi connectivity index (χ0v) is 14.2. The fourth-order valence-electron chi connectivity index (χ4n) is 3.19. The second-order valence-electron chi connectivity index (χ2n) is 6.29. The van der Waals surface area contributed by atoms with Crippen LogP contribution in [0.25, 0.3) is 4.96 Å². The summed E-state index contributed by atoms with van der Waals surface area (Å²) in [6.07, 6.45) is 1.53. The van der Waals surface area contributed by atoms with E-state index in [9.17, 15) is 4.79 Å². The van der Waals surface area contributed by atoms with E-state index in [1.165, 1.54) is 33.7 Å². The molecule has 4 rings (SSSR count). The maximum Gasteiger partial charge on any atom is 0.275 e. The molecule has 0 bridgehead atoms. The van der Waals surface area contributed by atoms with Gasteiger partial charge in [0, 0.05) is 37.9 Å². The molecule has 24 heavy (non-hydrogen) atoms. The fourth-order valence-corrected chi connectivity index (χ4v) is 4.02. The second-order valence-corrected chi connectivity index (χ2v) is 7.25. The summed E-state index contributed by atoms with van der Waals surface area (Å²) < 4.78 is 1.36. The summed E-state index contributed by atoms with van der Waals surface area (Å²) in [5, 5.41) is 8.59. The van der Waals surface area contributed by atoms with Gasteiger partial charge in [0.25, 0.3) is 5.56 Å². The number of nitrogens with one attached hydrogen (secondary N) is 1. The van der Waals surface area contributed by atoms with Gasteiger partial charge in [0.1, 0.15) is 0 Å². The highest BCUT2D eigenvalue weighted by atomic mass is 32.1. The van der Waals surface area contributed by atoms with Gasteiger partial charge in [-0.1, -0.05) is 48.6 Å². The highest BCUT2D eigenvalue weighted by Gasteiger charge is 2.30. The summed E-state index contributed by atoms with van der Waals surface area (Å²) in [5.74, 6) is 0.519. The third-order valence-electron chi connectivity index (χ3n) is 4.42. The zero-order chi connectivity index (χ0) is 16.5. The lowest BCUT2D eigenvalue weighted by Gasteiger charge is -2.16. The van der Waals surface area contributed by atoms with E-state index >= 15 is 0 Å². The first-order chi connectivity index (χ1) is 11.7. The highest BCUT2D eigenvalue weighted by molar-refractivity contribution is 7.20. The van der Waals surface area contributed by atoms with Crippen molar-refractivity contribution in [3.63, 3.8) is 0 Å². The van der Waals surface area contributed by atoms with Crippen molar-refractivity contribution in [3.05, 3.63) is 58.5 Å². The molecule has 1 aromatic carbocycles. The number of likely N-dealkylation sites (tertiary alicyclic amines) is 1. The molecule has 1 fully saturated rings. The van der Waals surface area contributed by atoms with Crippen LogP contribution in [0.15, 0.2) is 47.4 Å². The number of hydrogen-bond acceptors (Lipinski definition) is 6. The van der Waals surface area contributed by atoms with E-state index in [-0.39, 0.29) is 5.56 Å². The Morgan fingerprint density at radius 3 is 2.88 bits per heavy atom. The summed E-state index contributed by atoms with van der Waals surface area (Å²) in [6.45, 7) is 5.23. The standard InChI is InChI=1S/C17H19N5OS/c1-12-9-21(10-13-5-3-2-4-6-13)11-14(12)19-16-20-22-15(23)7-8-18-17(22)24-16/h2-8,12,14H,9-11H2,1H3,(H,19,20). The Bertz CT molecular complexity index is 891. The maximum atomic E-state index is 11.8. The summed E-state index contributed by atoms with van der Waals surface area (Å²) in [5.41, 5.74) is 1.19. The van der Waals surface area contributed by atoms with E-state index < -0.39 is 0 Å². The Hall–Kier alpha value is -2.25. The molecule has 2 atom stereocenters. The van der Waals surface area contributed by atoms with Crippen LogP contribution in [-0.2, 0) is 6.54 Å². The molecule has 0 spiro atoms. The van der Waals surface area contributed by atoms with E-state index in [4.69, 9.17) is 0 Å². The number of nitrogens with zero attached hydrogens (tertiary/aromatic N) is 4. The first-order valence-electron chi connectivity index (χ1n) is 8.07. The number of benzene rings is 1. The molecule has 7 heteroatoms. The average molecular weight is 341 g/mol. The van der Waals surface area contributed by atoms with Crippen molar-refractivity contribution in [3.8, 4) is 0 Å². The summed E-state index contributed by atoms with van der Waals surface area (Å²) in [6, 6.07) is 12.3. The molecule has 0 amide bonds. The van der Waals surface area contributed by atoms with Gasteiger partial charge in [0.2, 0.25) is 10.1 Å². The lowest BCUT2D eigenvalue weighted by Crippen LogP contribution is -2.28. The first kappa shape index (κ1) is 15.3. The van der Waals surface area contributed by atoms with Crippen molar-refractivity contribution in [2.24, 2.45) is 5.92 Å². The number of fused-ring (bicyclic) bond motifs is 1. The Labute approximate surface area is 143 Å². The topological polar surface area (TPSA) is 62.5 Å². The van der Waals surface area contributed by atoms with Crippen LogP contribution < -0.4 is 10.9 Å². The minimum absolute atomic E-state index is 0.144. The lowest BCUT2D eigenvalue weighted by atomic mass is 10.1. The van der Waals surface area contributed by atoms with E-state index in [2.05, 4.69) is 51.5 Å². The molecule has 0 radical (unpaired) electrons. The lowest BCUT2D eigenvalue weighted by molar-refractivity contribution is 0.319. The molecule has 1 aliphatic rings. The van der Waals surface area contributed by atoms with Crippen molar-refractivity contribution in [1.82, 2.24) is 19.5 Å². The summed E-state index contributed by atoms with van der Waals surface area (Å²) >= 11 is 1.42. The molecule has 0 saturated carbocycles. The normalized spacial score (nSPS) is 21.4. The molecule has 0 aliphatic carbocycles. The van der Waals surface area contributed by atoms with E-state index in [1.807, 2.05) is 6.07 Å². The van der Waals surface area contributed by atoms with Crippen molar-refractivity contribution in [2.45, 2.75) is 19.5 Å². The van der Waals surface area contributed by atoms with Gasteiger partial charge in [-0.15, -0.1) is 5.10 Å². The first-order valence-corrected chi connectivity index (χ1v) is 8.88. The number of hydrogen-bond donors (Lipinski definition) is 1. The van der Waals surface area contributed by atoms with Crippen LogP contribution in [0.4, 0.5) is 5.13 Å². The van der Waals surface area contributed by atoms with Crippen LogP contribution in [-0.4, -0.2) is 38.6 Å². The largest absolute Gasteiger partial charge is 0.356 e. The molecule has 1 N–H and O–H groups in total. The predicted molar refractivity (Wildman–Crippen MR) is 95.4 cm³/mol. The summed E-state index contributed by atoms with van der Waals surface area (Å²) in [4.78, 5) is 19.1. The van der Waals surface area contributed by atoms with Gasteiger partial charge in [-0.3, -0.25) is 9.69 Å². The number of rotatable bonds is 4. The smallest absolute Gasteiger partial charge is 0.275 e. The number of anilines is 1. The van der Waals surface area contributed by atoms with Gasteiger partial charge in [-0.05, 0) is 11.5 Å². The van der Waals surface area contributed by atoms with Gasteiger partial charge in [-0.2, -0.15) is 4.52 Å². The third-order valence-corrected chi connectivity index (χ3v) is 5.27. The van der Waals surface area contributed by atoms with Crippen molar-refractivity contribution in [2.75, 3.05) is 18.4 Å². The van der Waals surface area contributed by atoms with Crippen LogP contribution in [0.5, 0.6) is 0 Å². The van der Waals surface area contributed by atoms with Gasteiger partial charge in [0.05, 0.1) is 0 Å². The van der Waals surface area contributed by atoms with Crippen molar-refractivity contribution < 1.29 is 0 Å². The average Bonchev–Trinajstić information content (AvgIpc) is 3.13. The minimum Gasteiger partial charge on any atom is -0.356 e. The Morgan fingerprint density at radius 1 is 1.25 bits per heavy atom. The highest BCUT2D eigenvalue weighted by Crippen LogP contribution is 2.24. The van der Waals surface area contributed by atoms with Crippen LogP contribution >= 0.6 is 11.3 Å². The Balaban J connectivity index is 1.46. The molecule has 3 heterocycles. The molecule has 6 nitrogen and oxygen atoms in total. The molecule has 2 aromatic heterocycles. The van der Waals surface area contributed by atoms with Crippen LogP contribution in [0.2, 0.25) is 0 Å². The molecule has 124 valence electrons. The van der Waals surface area contributed by atoms with Gasteiger partial charge >= 0.3 is 0 Å². The van der Waals surface area contributed by atoms with E-state index in [1.54, 1.807) is 0 Å². The molecular weight excluding hydrogens is 322 g/mol. The quantitative estimate of drug-likeness (QED) is 0.787. The van der Waals surface area contributed by atoms with Gasteiger partial charge < -0.3 is 5.32 Å². The molecule has 1 saturated heterocycles. The Morgan fingerprint density at radius 2 is 2.08 bits per heavy atom. The molecule has 3 aromatic rings. The third kappa shape index (κ3) is 3.05. The van der Waals surface area contributed by atoms with Gasteiger partial charge in [0.15, 0.2) is 0 Å². The molecule has 1 aliphatic heterocycles. The SMILES string of the molecule is CC1CN(Cc2ccccc2)CC1Nc1nn2c(=O)ccnc2s1. The van der Waals surface area contributed by atoms with Gasteiger partial charge in [-0.25, -0.2) is 4.98 Å². The molecule has 2 unspecified atom stereocenters. The summed E-state index contributed by atoms with van der Waals surface area (Å²) in [7, 11) is 0. The van der Waals surface area contributed by atoms with Crippen LogP contribution in [0, 0.1) is 5.92 Å². The number of aromatic nitrogens is 3. The minimum atomic E-state index is -0.144. The molecular formula is C17H19N5OS. The van der Waals surface area contributed by atoms with Crippen LogP contribution in [0.1, 0.15) is 12.5 Å².